The molecule has 1 aliphatic rings. The molecule has 2 nitrogen and oxygen atoms in total. The molecule has 3 rings (SSSR count). The van der Waals surface area contributed by atoms with Crippen LogP contribution in [0.3, 0.4) is 0 Å². The smallest absolute Gasteiger partial charge is 0.0396 e. The molecule has 0 unspecified atom stereocenters. The van der Waals surface area contributed by atoms with Crippen LogP contribution in [0.25, 0.3) is 0 Å². The third-order valence-corrected chi connectivity index (χ3v) is 4.48. The fraction of sp³-hybridized carbons (Fsp3) is 0.368. The van der Waals surface area contributed by atoms with Crippen molar-refractivity contribution in [2.75, 3.05) is 31.1 Å². The van der Waals surface area contributed by atoms with Crippen LogP contribution in [0.4, 0.5) is 5.69 Å². The lowest BCUT2D eigenvalue weighted by molar-refractivity contribution is 0.249. The van der Waals surface area contributed by atoms with E-state index < -0.39 is 0 Å². The Labute approximate surface area is 128 Å². The zero-order valence-corrected chi connectivity index (χ0v) is 13.0. The topological polar surface area (TPSA) is 6.48 Å². The van der Waals surface area contributed by atoms with Gasteiger partial charge in [0.25, 0.3) is 0 Å². The number of nitrogens with zero attached hydrogens (tertiary/aromatic N) is 2. The van der Waals surface area contributed by atoms with Gasteiger partial charge in [-0.1, -0.05) is 42.5 Å². The van der Waals surface area contributed by atoms with Gasteiger partial charge in [0.2, 0.25) is 0 Å². The molecule has 0 spiro atoms. The van der Waals surface area contributed by atoms with E-state index >= 15 is 0 Å². The summed E-state index contributed by atoms with van der Waals surface area (Å²) in [5, 5.41) is 0. The van der Waals surface area contributed by atoms with Gasteiger partial charge >= 0.3 is 0 Å². The second-order valence-electron chi connectivity index (χ2n) is 5.98. The molecular formula is C19H24N2. The number of anilines is 1. The molecule has 1 fully saturated rings. The Kier molecular flexibility index (Phi) is 4.26. The molecule has 2 aromatic carbocycles. The van der Waals surface area contributed by atoms with Gasteiger partial charge in [-0.25, -0.2) is 0 Å². The van der Waals surface area contributed by atoms with Crippen molar-refractivity contribution >= 4 is 5.69 Å². The summed E-state index contributed by atoms with van der Waals surface area (Å²) in [5.74, 6) is 0. The maximum Gasteiger partial charge on any atom is 0.0396 e. The van der Waals surface area contributed by atoms with Gasteiger partial charge in [0.15, 0.2) is 0 Å². The summed E-state index contributed by atoms with van der Waals surface area (Å²) >= 11 is 0. The molecule has 1 saturated heterocycles. The first kappa shape index (κ1) is 14.2. The van der Waals surface area contributed by atoms with Crippen LogP contribution in [0.15, 0.2) is 48.5 Å². The van der Waals surface area contributed by atoms with Crippen molar-refractivity contribution < 1.29 is 0 Å². The summed E-state index contributed by atoms with van der Waals surface area (Å²) in [6.07, 6.45) is 0. The standard InChI is InChI=1S/C19H24N2/c1-16-7-3-5-9-18(16)15-20-11-13-21(14-12-20)19-10-6-4-8-17(19)2/h3-10H,11-15H2,1-2H3. The molecule has 0 atom stereocenters. The van der Waals surface area contributed by atoms with Crippen LogP contribution in [0, 0.1) is 13.8 Å². The predicted octanol–water partition coefficient (Wildman–Crippen LogP) is 3.63. The number of benzene rings is 2. The number of rotatable bonds is 3. The molecule has 21 heavy (non-hydrogen) atoms. The second kappa shape index (κ2) is 6.31. The minimum absolute atomic E-state index is 1.08. The lowest BCUT2D eigenvalue weighted by atomic mass is 10.1. The van der Waals surface area contributed by atoms with Crippen molar-refractivity contribution in [3.8, 4) is 0 Å². The number of aryl methyl sites for hydroxylation is 2. The first-order chi connectivity index (χ1) is 10.2. The van der Waals surface area contributed by atoms with Crippen molar-refractivity contribution in [3.63, 3.8) is 0 Å². The normalized spacial score (nSPS) is 16.2. The quantitative estimate of drug-likeness (QED) is 0.847. The van der Waals surface area contributed by atoms with Crippen LogP contribution < -0.4 is 4.90 Å². The van der Waals surface area contributed by atoms with E-state index in [0.717, 1.165) is 32.7 Å². The van der Waals surface area contributed by atoms with Gasteiger partial charge in [0.05, 0.1) is 0 Å². The molecule has 2 heteroatoms. The van der Waals surface area contributed by atoms with Crippen molar-refractivity contribution in [2.24, 2.45) is 0 Å². The van der Waals surface area contributed by atoms with Crippen molar-refractivity contribution in [1.82, 2.24) is 4.90 Å². The van der Waals surface area contributed by atoms with Crippen molar-refractivity contribution in [3.05, 3.63) is 65.2 Å². The third kappa shape index (κ3) is 3.27. The van der Waals surface area contributed by atoms with E-state index in [1.165, 1.54) is 22.4 Å². The molecule has 1 heterocycles. The average molecular weight is 280 g/mol. The molecule has 0 N–H and O–H groups in total. The molecule has 2 aromatic rings. The van der Waals surface area contributed by atoms with Crippen LogP contribution in [0.5, 0.6) is 0 Å². The van der Waals surface area contributed by atoms with Crippen LogP contribution in [-0.2, 0) is 6.54 Å². The summed E-state index contributed by atoms with van der Waals surface area (Å²) in [7, 11) is 0. The average Bonchev–Trinajstić information content (AvgIpc) is 2.51. The Balaban J connectivity index is 1.61. The molecule has 0 aliphatic carbocycles. The highest BCUT2D eigenvalue weighted by Crippen LogP contribution is 2.21. The second-order valence-corrected chi connectivity index (χ2v) is 5.98. The molecule has 1 aliphatic heterocycles. The van der Waals surface area contributed by atoms with Gasteiger partial charge in [0, 0.05) is 38.4 Å². The van der Waals surface area contributed by atoms with E-state index in [4.69, 9.17) is 0 Å². The molecule has 0 saturated carbocycles. The van der Waals surface area contributed by atoms with Gasteiger partial charge in [-0.3, -0.25) is 4.90 Å². The van der Waals surface area contributed by atoms with Gasteiger partial charge in [-0.15, -0.1) is 0 Å². The van der Waals surface area contributed by atoms with E-state index in [-0.39, 0.29) is 0 Å². The number of para-hydroxylation sites is 1. The maximum atomic E-state index is 2.57. The third-order valence-electron chi connectivity index (χ3n) is 4.48. The summed E-state index contributed by atoms with van der Waals surface area (Å²) < 4.78 is 0. The Morgan fingerprint density at radius 1 is 0.762 bits per heavy atom. The summed E-state index contributed by atoms with van der Waals surface area (Å²) in [4.78, 5) is 5.08. The van der Waals surface area contributed by atoms with Gasteiger partial charge in [-0.2, -0.15) is 0 Å². The zero-order chi connectivity index (χ0) is 14.7. The van der Waals surface area contributed by atoms with E-state index in [2.05, 4.69) is 72.2 Å². The van der Waals surface area contributed by atoms with E-state index in [0.29, 0.717) is 0 Å². The Morgan fingerprint density at radius 2 is 1.38 bits per heavy atom. The minimum Gasteiger partial charge on any atom is -0.369 e. The molecular weight excluding hydrogens is 256 g/mol. The fourth-order valence-corrected chi connectivity index (χ4v) is 3.09. The minimum atomic E-state index is 1.08. The first-order valence-electron chi connectivity index (χ1n) is 7.81. The zero-order valence-electron chi connectivity index (χ0n) is 13.0. The summed E-state index contributed by atoms with van der Waals surface area (Å²) in [5.41, 5.74) is 5.64. The predicted molar refractivity (Wildman–Crippen MR) is 89.8 cm³/mol. The first-order valence-corrected chi connectivity index (χ1v) is 7.81. The van der Waals surface area contributed by atoms with Crippen LogP contribution in [0.2, 0.25) is 0 Å². The largest absolute Gasteiger partial charge is 0.369 e. The molecule has 0 aromatic heterocycles. The van der Waals surface area contributed by atoms with Crippen LogP contribution in [-0.4, -0.2) is 31.1 Å². The lowest BCUT2D eigenvalue weighted by Gasteiger charge is -2.37. The Hall–Kier alpha value is -1.80. The van der Waals surface area contributed by atoms with E-state index in [1.807, 2.05) is 0 Å². The summed E-state index contributed by atoms with van der Waals surface area (Å²) in [6, 6.07) is 17.4. The van der Waals surface area contributed by atoms with E-state index in [1.54, 1.807) is 0 Å². The number of piperazine rings is 1. The Morgan fingerprint density at radius 3 is 2.05 bits per heavy atom. The van der Waals surface area contributed by atoms with E-state index in [9.17, 15) is 0 Å². The Bertz CT molecular complexity index is 598. The van der Waals surface area contributed by atoms with Crippen molar-refractivity contribution in [1.29, 1.82) is 0 Å². The highest BCUT2D eigenvalue weighted by atomic mass is 15.3. The molecule has 0 amide bonds. The van der Waals surface area contributed by atoms with Crippen LogP contribution >= 0.6 is 0 Å². The molecule has 0 radical (unpaired) electrons. The van der Waals surface area contributed by atoms with Gasteiger partial charge < -0.3 is 4.90 Å². The maximum absolute atomic E-state index is 2.57. The number of hydrogen-bond donors (Lipinski definition) is 0. The summed E-state index contributed by atoms with van der Waals surface area (Å²) in [6.45, 7) is 10.0. The highest BCUT2D eigenvalue weighted by Gasteiger charge is 2.18. The van der Waals surface area contributed by atoms with Crippen LogP contribution in [0.1, 0.15) is 16.7 Å². The lowest BCUT2D eigenvalue weighted by Crippen LogP contribution is -2.46. The molecule has 110 valence electrons. The highest BCUT2D eigenvalue weighted by molar-refractivity contribution is 5.53. The number of hydrogen-bond acceptors (Lipinski definition) is 2. The fourth-order valence-electron chi connectivity index (χ4n) is 3.09. The molecule has 0 bridgehead atoms. The SMILES string of the molecule is Cc1ccccc1CN1CCN(c2ccccc2C)CC1. The monoisotopic (exact) mass is 280 g/mol. The van der Waals surface area contributed by atoms with Gasteiger partial charge in [0.1, 0.15) is 0 Å². The van der Waals surface area contributed by atoms with Gasteiger partial charge in [-0.05, 0) is 36.6 Å². The van der Waals surface area contributed by atoms with Crippen molar-refractivity contribution in [2.45, 2.75) is 20.4 Å².